The number of piperazine rings is 1. The Morgan fingerprint density at radius 1 is 1.42 bits per heavy atom. The Labute approximate surface area is 165 Å². The van der Waals surface area contributed by atoms with Gasteiger partial charge in [0.25, 0.3) is 5.91 Å². The summed E-state index contributed by atoms with van der Waals surface area (Å²) in [6.45, 7) is 9.61. The van der Waals surface area contributed by atoms with Crippen LogP contribution in [0.1, 0.15) is 30.6 Å². The van der Waals surface area contributed by atoms with Crippen LogP contribution in [0.25, 0.3) is 0 Å². The molecule has 2 aliphatic rings. The van der Waals surface area contributed by atoms with Gasteiger partial charge in [-0.05, 0) is 37.5 Å². The van der Waals surface area contributed by atoms with Gasteiger partial charge in [-0.3, -0.25) is 9.69 Å². The van der Waals surface area contributed by atoms with E-state index in [4.69, 9.17) is 16.3 Å². The molecule has 1 aromatic rings. The van der Waals surface area contributed by atoms with E-state index in [1.54, 1.807) is 11.9 Å². The molecule has 0 radical (unpaired) electrons. The maximum Gasteiger partial charge on any atom is 0.255 e. The Morgan fingerprint density at radius 2 is 2.27 bits per heavy atom. The first-order valence-electron chi connectivity index (χ1n) is 9.37. The van der Waals surface area contributed by atoms with E-state index in [1.165, 1.54) is 0 Å². The Morgan fingerprint density at radius 3 is 2.92 bits per heavy atom. The lowest BCUT2D eigenvalue weighted by Crippen LogP contribution is -2.54. The minimum atomic E-state index is 0.0287. The lowest BCUT2D eigenvalue weighted by atomic mass is 10.1. The molecule has 0 saturated carbocycles. The van der Waals surface area contributed by atoms with Gasteiger partial charge in [-0.25, -0.2) is 0 Å². The number of amides is 1. The molecule has 1 aromatic carbocycles. The Hall–Kier alpha value is -0.950. The third-order valence-corrected chi connectivity index (χ3v) is 6.03. The van der Waals surface area contributed by atoms with E-state index in [9.17, 15) is 4.79 Å². The molecule has 26 heavy (non-hydrogen) atoms. The first kappa shape index (κ1) is 19.8. The van der Waals surface area contributed by atoms with Crippen LogP contribution in [0.2, 0.25) is 5.02 Å². The number of carbonyl (C=O) groups excluding carboxylic acids is 1. The topological polar surface area (TPSA) is 44.8 Å². The molecule has 0 aromatic heterocycles. The van der Waals surface area contributed by atoms with Crippen molar-refractivity contribution in [1.82, 2.24) is 9.80 Å². The van der Waals surface area contributed by atoms with Crippen molar-refractivity contribution in [3.8, 4) is 0 Å². The summed E-state index contributed by atoms with van der Waals surface area (Å²) in [5.41, 5.74) is 1.51. The minimum absolute atomic E-state index is 0.0287. The highest BCUT2D eigenvalue weighted by atomic mass is 35.5. The van der Waals surface area contributed by atoms with Crippen LogP contribution in [0.15, 0.2) is 18.2 Å². The highest BCUT2D eigenvalue weighted by molar-refractivity contribution is 8.00. The molecule has 3 rings (SSSR count). The Balaban J connectivity index is 1.59. The number of halogens is 1. The molecule has 5 nitrogen and oxygen atoms in total. The molecule has 2 fully saturated rings. The number of nitrogens with one attached hydrogen (secondary N) is 1. The number of rotatable bonds is 6. The summed E-state index contributed by atoms with van der Waals surface area (Å²) in [7, 11) is 0. The minimum Gasteiger partial charge on any atom is -0.381 e. The van der Waals surface area contributed by atoms with Crippen LogP contribution in [0.5, 0.6) is 0 Å². The molecule has 2 atom stereocenters. The summed E-state index contributed by atoms with van der Waals surface area (Å²) < 4.78 is 8.70. The van der Waals surface area contributed by atoms with Crippen LogP contribution < -0.4 is 4.72 Å². The number of nitrogens with zero attached hydrogens (tertiary/aromatic N) is 2. The van der Waals surface area contributed by atoms with Crippen molar-refractivity contribution in [1.29, 1.82) is 0 Å². The van der Waals surface area contributed by atoms with Gasteiger partial charge in [0, 0.05) is 50.3 Å². The second-order valence-electron chi connectivity index (χ2n) is 7.07. The lowest BCUT2D eigenvalue weighted by Gasteiger charge is -2.40. The number of anilines is 1. The van der Waals surface area contributed by atoms with Crippen molar-refractivity contribution in [2.75, 3.05) is 49.9 Å². The Bertz CT molecular complexity index is 625. The van der Waals surface area contributed by atoms with Crippen molar-refractivity contribution >= 4 is 35.1 Å². The zero-order valence-electron chi connectivity index (χ0n) is 15.5. The standard InChI is InChI=1S/C19H28ClN3O2S/c1-3-26-21-16-4-5-17(18(20)10-16)19(24)23-8-7-22(11-14(23)2)12-15-6-9-25-13-15/h4-5,10,14-15,21H,3,6-9,11-13H2,1-2H3/t14-,15?/m0/s1. The van der Waals surface area contributed by atoms with Crippen LogP contribution in [0, 0.1) is 5.92 Å². The number of hydrogen-bond acceptors (Lipinski definition) is 5. The van der Waals surface area contributed by atoms with Gasteiger partial charge in [-0.1, -0.05) is 30.5 Å². The maximum atomic E-state index is 13.0. The molecule has 1 N–H and O–H groups in total. The van der Waals surface area contributed by atoms with Crippen LogP contribution >= 0.6 is 23.5 Å². The summed E-state index contributed by atoms with van der Waals surface area (Å²) in [4.78, 5) is 17.4. The zero-order chi connectivity index (χ0) is 18.5. The van der Waals surface area contributed by atoms with E-state index < -0.39 is 0 Å². The number of hydrogen-bond donors (Lipinski definition) is 1. The molecule has 1 amide bonds. The average molecular weight is 398 g/mol. The fourth-order valence-corrected chi connectivity index (χ4v) is 4.35. The number of benzene rings is 1. The molecule has 2 heterocycles. The van der Waals surface area contributed by atoms with Crippen LogP contribution in [-0.4, -0.2) is 66.9 Å². The Kier molecular flexibility index (Phi) is 7.09. The van der Waals surface area contributed by atoms with Gasteiger partial charge in [-0.2, -0.15) is 0 Å². The molecule has 2 saturated heterocycles. The van der Waals surface area contributed by atoms with Crippen LogP contribution in [0.4, 0.5) is 5.69 Å². The van der Waals surface area contributed by atoms with Gasteiger partial charge in [-0.15, -0.1) is 0 Å². The molecule has 0 spiro atoms. The molecular weight excluding hydrogens is 370 g/mol. The summed E-state index contributed by atoms with van der Waals surface area (Å²) in [5.74, 6) is 1.63. The van der Waals surface area contributed by atoms with Crippen molar-refractivity contribution in [3.05, 3.63) is 28.8 Å². The summed E-state index contributed by atoms with van der Waals surface area (Å²) in [5, 5.41) is 0.509. The van der Waals surface area contributed by atoms with Crippen LogP contribution in [-0.2, 0) is 4.74 Å². The van der Waals surface area contributed by atoms with Gasteiger partial charge in [0.05, 0.1) is 17.2 Å². The van der Waals surface area contributed by atoms with Crippen molar-refractivity contribution in [2.24, 2.45) is 5.92 Å². The molecule has 0 bridgehead atoms. The first-order valence-corrected chi connectivity index (χ1v) is 10.7. The second kappa shape index (κ2) is 9.31. The van der Waals surface area contributed by atoms with E-state index in [2.05, 4.69) is 23.5 Å². The van der Waals surface area contributed by atoms with Gasteiger partial charge < -0.3 is 14.4 Å². The van der Waals surface area contributed by atoms with E-state index in [1.807, 2.05) is 23.1 Å². The molecule has 1 unspecified atom stereocenters. The smallest absolute Gasteiger partial charge is 0.255 e. The quantitative estimate of drug-likeness (QED) is 0.743. The number of ether oxygens (including phenoxy) is 1. The van der Waals surface area contributed by atoms with Crippen molar-refractivity contribution in [3.63, 3.8) is 0 Å². The normalized spacial score (nSPS) is 24.0. The SMILES string of the molecule is CCSNc1ccc(C(=O)N2CCN(CC3CCOC3)C[C@@H]2C)c(Cl)c1. The molecule has 144 valence electrons. The van der Waals surface area contributed by atoms with Gasteiger partial charge >= 0.3 is 0 Å². The van der Waals surface area contributed by atoms with Crippen molar-refractivity contribution in [2.45, 2.75) is 26.3 Å². The molecule has 7 heteroatoms. The van der Waals surface area contributed by atoms with Crippen LogP contribution in [0.3, 0.4) is 0 Å². The third-order valence-electron chi connectivity index (χ3n) is 5.05. The summed E-state index contributed by atoms with van der Waals surface area (Å²) in [6.07, 6.45) is 1.15. The predicted octanol–water partition coefficient (Wildman–Crippen LogP) is 3.60. The monoisotopic (exact) mass is 397 g/mol. The summed E-state index contributed by atoms with van der Waals surface area (Å²) >= 11 is 8.00. The van der Waals surface area contributed by atoms with E-state index in [-0.39, 0.29) is 11.9 Å². The van der Waals surface area contributed by atoms with E-state index >= 15 is 0 Å². The molecule has 0 aliphatic carbocycles. The first-order chi connectivity index (χ1) is 12.6. The zero-order valence-corrected chi connectivity index (χ0v) is 17.1. The fraction of sp³-hybridized carbons (Fsp3) is 0.632. The van der Waals surface area contributed by atoms with Gasteiger partial charge in [0.15, 0.2) is 0 Å². The predicted molar refractivity (Wildman–Crippen MR) is 109 cm³/mol. The lowest BCUT2D eigenvalue weighted by molar-refractivity contribution is 0.0453. The average Bonchev–Trinajstić information content (AvgIpc) is 3.12. The summed E-state index contributed by atoms with van der Waals surface area (Å²) in [6, 6.07) is 5.77. The fourth-order valence-electron chi connectivity index (χ4n) is 3.66. The third kappa shape index (κ3) is 4.85. The molecular formula is C19H28ClN3O2S. The second-order valence-corrected chi connectivity index (χ2v) is 8.54. The molecule has 2 aliphatic heterocycles. The van der Waals surface area contributed by atoms with E-state index in [0.29, 0.717) is 16.5 Å². The largest absolute Gasteiger partial charge is 0.381 e. The number of carbonyl (C=O) groups is 1. The van der Waals surface area contributed by atoms with Crippen molar-refractivity contribution < 1.29 is 9.53 Å². The highest BCUT2D eigenvalue weighted by Gasteiger charge is 2.30. The highest BCUT2D eigenvalue weighted by Crippen LogP contribution is 2.26. The van der Waals surface area contributed by atoms with E-state index in [0.717, 1.165) is 57.3 Å². The maximum absolute atomic E-state index is 13.0. The van der Waals surface area contributed by atoms with Gasteiger partial charge in [0.2, 0.25) is 0 Å². The van der Waals surface area contributed by atoms with Gasteiger partial charge in [0.1, 0.15) is 0 Å².